The van der Waals surface area contributed by atoms with E-state index in [1.54, 1.807) is 18.0 Å². The number of aryl methyl sites for hydroxylation is 1. The Morgan fingerprint density at radius 1 is 1.35 bits per heavy atom. The van der Waals surface area contributed by atoms with Crippen LogP contribution < -0.4 is 10.7 Å². The number of benzene rings is 1. The summed E-state index contributed by atoms with van der Waals surface area (Å²) in [6.45, 7) is 7.86. The van der Waals surface area contributed by atoms with E-state index in [1.165, 1.54) is 0 Å². The summed E-state index contributed by atoms with van der Waals surface area (Å²) in [5, 5.41) is 5.08. The molecule has 0 spiro atoms. The van der Waals surface area contributed by atoms with Crippen LogP contribution in [0.2, 0.25) is 5.15 Å². The van der Waals surface area contributed by atoms with Crippen molar-refractivity contribution in [2.24, 2.45) is 0 Å². The van der Waals surface area contributed by atoms with Gasteiger partial charge in [0.1, 0.15) is 5.58 Å². The van der Waals surface area contributed by atoms with Crippen molar-refractivity contribution in [2.45, 2.75) is 38.8 Å². The van der Waals surface area contributed by atoms with Crippen molar-refractivity contribution in [3.8, 4) is 0 Å². The van der Waals surface area contributed by atoms with E-state index in [1.807, 2.05) is 52.0 Å². The number of halogens is 1. The first kappa shape index (κ1) is 18.8. The first-order chi connectivity index (χ1) is 12.4. The van der Waals surface area contributed by atoms with Gasteiger partial charge < -0.3 is 9.73 Å². The molecule has 1 aromatic carbocycles. The number of hydrogen-bond donors (Lipinski definition) is 1. The van der Waals surface area contributed by atoms with Crippen LogP contribution in [0.3, 0.4) is 0 Å². The van der Waals surface area contributed by atoms with Crippen LogP contribution in [0.25, 0.3) is 11.0 Å². The molecule has 3 aromatic rings. The molecule has 1 N–H and O–H groups in total. The van der Waals surface area contributed by atoms with E-state index < -0.39 is 0 Å². The summed E-state index contributed by atoms with van der Waals surface area (Å²) in [6.07, 6.45) is 1.65. The summed E-state index contributed by atoms with van der Waals surface area (Å²) in [5.41, 5.74) is 4.00. The fourth-order valence-corrected chi connectivity index (χ4v) is 3.83. The van der Waals surface area contributed by atoms with Gasteiger partial charge in [-0.2, -0.15) is 0 Å². The summed E-state index contributed by atoms with van der Waals surface area (Å²) in [4.78, 5) is 16.9. The van der Waals surface area contributed by atoms with Crippen molar-refractivity contribution in [2.75, 3.05) is 11.1 Å². The maximum Gasteiger partial charge on any atom is 0.196 e. The summed E-state index contributed by atoms with van der Waals surface area (Å²) in [6, 6.07) is 7.53. The number of nitrogens with zero attached hydrogens (tertiary/aromatic N) is 1. The average Bonchev–Trinajstić information content (AvgIpc) is 2.61. The van der Waals surface area contributed by atoms with Gasteiger partial charge in [-0.25, -0.2) is 4.98 Å². The molecule has 0 bridgehead atoms. The number of fused-ring (bicyclic) bond motifs is 1. The number of nitrogens with one attached hydrogen (secondary N) is 1. The van der Waals surface area contributed by atoms with Crippen molar-refractivity contribution in [3.63, 3.8) is 0 Å². The lowest BCUT2D eigenvalue weighted by molar-refractivity contribution is 0.488. The predicted octanol–water partition coefficient (Wildman–Crippen LogP) is 5.74. The number of hydrogen-bond acceptors (Lipinski definition) is 5. The second-order valence-electron chi connectivity index (χ2n) is 6.22. The summed E-state index contributed by atoms with van der Waals surface area (Å²) in [5.74, 6) is 0.843. The van der Waals surface area contributed by atoms with E-state index in [2.05, 4.69) is 10.3 Å². The smallest absolute Gasteiger partial charge is 0.196 e. The fraction of sp³-hybridized carbons (Fsp3) is 0.300. The Morgan fingerprint density at radius 2 is 2.12 bits per heavy atom. The van der Waals surface area contributed by atoms with Crippen LogP contribution in [0, 0.1) is 13.8 Å². The van der Waals surface area contributed by atoms with Crippen molar-refractivity contribution < 1.29 is 4.42 Å². The molecule has 0 fully saturated rings. The van der Waals surface area contributed by atoms with E-state index in [0.717, 1.165) is 22.6 Å². The zero-order chi connectivity index (χ0) is 18.8. The van der Waals surface area contributed by atoms with Gasteiger partial charge >= 0.3 is 0 Å². The highest BCUT2D eigenvalue weighted by Gasteiger charge is 2.18. The van der Waals surface area contributed by atoms with E-state index in [9.17, 15) is 4.79 Å². The molecule has 136 valence electrons. The third-order valence-corrected chi connectivity index (χ3v) is 5.46. The lowest BCUT2D eigenvalue weighted by Crippen LogP contribution is -2.12. The maximum atomic E-state index is 12.8. The Morgan fingerprint density at radius 3 is 2.81 bits per heavy atom. The molecule has 26 heavy (non-hydrogen) atoms. The van der Waals surface area contributed by atoms with E-state index in [4.69, 9.17) is 16.0 Å². The number of aromatic nitrogens is 1. The predicted molar refractivity (Wildman–Crippen MR) is 110 cm³/mol. The maximum absolute atomic E-state index is 12.8. The van der Waals surface area contributed by atoms with Gasteiger partial charge in [-0.15, -0.1) is 0 Å². The highest BCUT2D eigenvalue weighted by molar-refractivity contribution is 7.99. The van der Waals surface area contributed by atoms with E-state index in [-0.39, 0.29) is 11.5 Å². The number of pyridine rings is 1. The molecular weight excluding hydrogens is 368 g/mol. The third kappa shape index (κ3) is 3.60. The normalized spacial score (nSPS) is 12.3. The van der Waals surface area contributed by atoms with Crippen LogP contribution in [0.4, 0.5) is 5.69 Å². The van der Waals surface area contributed by atoms with Crippen molar-refractivity contribution in [1.82, 2.24) is 4.98 Å². The van der Waals surface area contributed by atoms with E-state index >= 15 is 0 Å². The minimum absolute atomic E-state index is 0.0266. The minimum atomic E-state index is -0.107. The Balaban J connectivity index is 2.15. The highest BCUT2D eigenvalue weighted by Crippen LogP contribution is 2.32. The molecule has 1 atom stereocenters. The molecule has 2 heterocycles. The molecule has 2 aromatic heterocycles. The average molecular weight is 389 g/mol. The molecular formula is C20H21ClN2O2S. The summed E-state index contributed by atoms with van der Waals surface area (Å²) >= 11 is 7.71. The molecule has 0 saturated heterocycles. The van der Waals surface area contributed by atoms with Gasteiger partial charge in [0.05, 0.1) is 17.1 Å². The van der Waals surface area contributed by atoms with Gasteiger partial charge in [-0.3, -0.25) is 4.79 Å². The first-order valence-electron chi connectivity index (χ1n) is 8.50. The fourth-order valence-electron chi connectivity index (χ4n) is 2.94. The Bertz CT molecular complexity index is 1020. The highest BCUT2D eigenvalue weighted by atomic mass is 35.5. The van der Waals surface area contributed by atoms with E-state index in [0.29, 0.717) is 26.8 Å². The third-order valence-electron chi connectivity index (χ3n) is 4.22. The SMILES string of the molecule is CCSc1oc2c([C@@H](C)Nc3cccnc3Cl)cc(C)cc2c(=O)c1C. The van der Waals surface area contributed by atoms with Crippen molar-refractivity contribution >= 4 is 40.0 Å². The molecule has 3 rings (SSSR count). The zero-order valence-corrected chi connectivity index (χ0v) is 16.8. The topological polar surface area (TPSA) is 55.1 Å². The standard InChI is InChI=1S/C20H21ClN2O2S/c1-5-26-20-12(3)17(24)15-10-11(2)9-14(18(15)25-20)13(4)23-16-7-6-8-22-19(16)21/h6-10,13,23H,5H2,1-4H3/t13-/m1/s1. The van der Waals surface area contributed by atoms with Gasteiger partial charge in [0.25, 0.3) is 0 Å². The van der Waals surface area contributed by atoms with Crippen LogP contribution >= 0.6 is 23.4 Å². The second kappa shape index (κ2) is 7.72. The Kier molecular flexibility index (Phi) is 5.58. The molecule has 0 aliphatic carbocycles. The molecule has 6 heteroatoms. The molecule has 4 nitrogen and oxygen atoms in total. The van der Waals surface area contributed by atoms with Crippen molar-refractivity contribution in [3.05, 3.63) is 62.5 Å². The molecule has 0 aliphatic rings. The molecule has 0 unspecified atom stereocenters. The second-order valence-corrected chi connectivity index (χ2v) is 7.81. The Hall–Kier alpha value is -1.98. The summed E-state index contributed by atoms with van der Waals surface area (Å²) in [7, 11) is 0. The monoisotopic (exact) mass is 388 g/mol. The van der Waals surface area contributed by atoms with Crippen LogP contribution in [0.1, 0.15) is 36.6 Å². The quantitative estimate of drug-likeness (QED) is 0.446. The molecule has 0 aliphatic heterocycles. The molecule has 0 amide bonds. The van der Waals surface area contributed by atoms with Crippen molar-refractivity contribution in [1.29, 1.82) is 0 Å². The summed E-state index contributed by atoms with van der Waals surface area (Å²) < 4.78 is 6.16. The van der Waals surface area contributed by atoms with Gasteiger partial charge in [0.2, 0.25) is 0 Å². The van der Waals surface area contributed by atoms with Gasteiger partial charge in [0.15, 0.2) is 15.7 Å². The number of thioether (sulfide) groups is 1. The largest absolute Gasteiger partial charge is 0.449 e. The van der Waals surface area contributed by atoms with Crippen LogP contribution in [-0.2, 0) is 0 Å². The molecule has 0 saturated carbocycles. The van der Waals surface area contributed by atoms with Crippen LogP contribution in [0.15, 0.2) is 44.8 Å². The van der Waals surface area contributed by atoms with Gasteiger partial charge in [-0.1, -0.05) is 36.4 Å². The lowest BCUT2D eigenvalue weighted by Gasteiger charge is -2.19. The Labute approximate surface area is 162 Å². The number of rotatable bonds is 5. The lowest BCUT2D eigenvalue weighted by atomic mass is 10.0. The first-order valence-corrected chi connectivity index (χ1v) is 9.86. The molecule has 0 radical (unpaired) electrons. The van der Waals surface area contributed by atoms with Gasteiger partial charge in [0, 0.05) is 17.3 Å². The van der Waals surface area contributed by atoms with Crippen LogP contribution in [0.5, 0.6) is 0 Å². The zero-order valence-electron chi connectivity index (χ0n) is 15.2. The number of anilines is 1. The van der Waals surface area contributed by atoms with Crippen LogP contribution in [-0.4, -0.2) is 10.7 Å². The minimum Gasteiger partial charge on any atom is -0.449 e. The van der Waals surface area contributed by atoms with Gasteiger partial charge in [-0.05, 0) is 50.3 Å².